The molecule has 1 fully saturated rings. The number of carbonyl (C=O) groups excluding carboxylic acids is 2. The summed E-state index contributed by atoms with van der Waals surface area (Å²) in [5.41, 5.74) is 0.750. The number of nitrogens with zero attached hydrogens (tertiary/aromatic N) is 1. The van der Waals surface area contributed by atoms with E-state index >= 15 is 0 Å². The molecule has 2 amide bonds. The maximum Gasteiger partial charge on any atom is 0.239 e. The summed E-state index contributed by atoms with van der Waals surface area (Å²) in [6.07, 6.45) is 0.184. The molecule has 0 radical (unpaired) electrons. The van der Waals surface area contributed by atoms with Gasteiger partial charge in [-0.2, -0.15) is 0 Å². The van der Waals surface area contributed by atoms with Crippen LogP contribution in [0.25, 0.3) is 0 Å². The normalized spacial score (nSPS) is 17.4. The first-order valence-electron chi connectivity index (χ1n) is 6.76. The Morgan fingerprint density at radius 1 is 1.33 bits per heavy atom. The van der Waals surface area contributed by atoms with Crippen molar-refractivity contribution in [1.29, 1.82) is 0 Å². The van der Waals surface area contributed by atoms with Crippen LogP contribution in [0.4, 0.5) is 0 Å². The van der Waals surface area contributed by atoms with Crippen molar-refractivity contribution in [2.45, 2.75) is 6.42 Å². The third-order valence-electron chi connectivity index (χ3n) is 3.40. The minimum Gasteiger partial charge on any atom is -0.486 e. The maximum atomic E-state index is 12.2. The fourth-order valence-corrected chi connectivity index (χ4v) is 2.69. The lowest BCUT2D eigenvalue weighted by Gasteiger charge is -2.27. The number of rotatable bonds is 2. The number of amides is 2. The molecule has 1 aromatic carbocycles. The summed E-state index contributed by atoms with van der Waals surface area (Å²) in [5.74, 6) is 0.858. The van der Waals surface area contributed by atoms with Crippen LogP contribution >= 0.6 is 11.6 Å². The van der Waals surface area contributed by atoms with Crippen LogP contribution in [0.1, 0.15) is 5.56 Å². The van der Waals surface area contributed by atoms with Gasteiger partial charge in [0.1, 0.15) is 13.2 Å². The van der Waals surface area contributed by atoms with Gasteiger partial charge in [0.05, 0.1) is 18.0 Å². The Kier molecular flexibility index (Phi) is 3.88. The molecule has 6 nitrogen and oxygen atoms in total. The highest BCUT2D eigenvalue weighted by Gasteiger charge is 2.23. The molecule has 1 aromatic rings. The highest BCUT2D eigenvalue weighted by molar-refractivity contribution is 6.32. The van der Waals surface area contributed by atoms with Crippen LogP contribution in [-0.4, -0.2) is 49.6 Å². The zero-order chi connectivity index (χ0) is 14.8. The Labute approximate surface area is 127 Å². The third-order valence-corrected chi connectivity index (χ3v) is 3.68. The molecule has 2 aliphatic heterocycles. The minimum atomic E-state index is -0.130. The highest BCUT2D eigenvalue weighted by atomic mass is 35.5. The Hall–Kier alpha value is -1.95. The van der Waals surface area contributed by atoms with Crippen molar-refractivity contribution < 1.29 is 19.1 Å². The SMILES string of the molecule is O=C1CN(C(=O)Cc2cc(Cl)c3c(c2)OCCO3)CCN1. The lowest BCUT2D eigenvalue weighted by atomic mass is 10.1. The molecule has 1 N–H and O–H groups in total. The van der Waals surface area contributed by atoms with E-state index in [9.17, 15) is 9.59 Å². The minimum absolute atomic E-state index is 0.0994. The van der Waals surface area contributed by atoms with E-state index in [0.29, 0.717) is 42.8 Å². The Morgan fingerprint density at radius 3 is 2.95 bits per heavy atom. The molecule has 0 aromatic heterocycles. The number of halogens is 1. The average Bonchev–Trinajstić information content (AvgIpc) is 2.47. The zero-order valence-electron chi connectivity index (χ0n) is 11.4. The quantitative estimate of drug-likeness (QED) is 0.869. The summed E-state index contributed by atoms with van der Waals surface area (Å²) >= 11 is 6.15. The molecule has 21 heavy (non-hydrogen) atoms. The van der Waals surface area contributed by atoms with Gasteiger partial charge in [-0.3, -0.25) is 9.59 Å². The number of carbonyl (C=O) groups is 2. The van der Waals surface area contributed by atoms with E-state index in [1.54, 1.807) is 17.0 Å². The van der Waals surface area contributed by atoms with Crippen molar-refractivity contribution in [3.63, 3.8) is 0 Å². The lowest BCUT2D eigenvalue weighted by molar-refractivity contribution is -0.137. The molecule has 1 saturated heterocycles. The van der Waals surface area contributed by atoms with Gasteiger partial charge in [0.15, 0.2) is 11.5 Å². The van der Waals surface area contributed by atoms with Crippen molar-refractivity contribution >= 4 is 23.4 Å². The molecule has 3 rings (SSSR count). The van der Waals surface area contributed by atoms with Gasteiger partial charge in [-0.25, -0.2) is 0 Å². The Morgan fingerprint density at radius 2 is 2.14 bits per heavy atom. The van der Waals surface area contributed by atoms with Gasteiger partial charge in [-0.05, 0) is 17.7 Å². The fourth-order valence-electron chi connectivity index (χ4n) is 2.40. The van der Waals surface area contributed by atoms with Gasteiger partial charge >= 0.3 is 0 Å². The van der Waals surface area contributed by atoms with Crippen molar-refractivity contribution in [3.05, 3.63) is 22.7 Å². The fraction of sp³-hybridized carbons (Fsp3) is 0.429. The van der Waals surface area contributed by atoms with Gasteiger partial charge in [0, 0.05) is 13.1 Å². The first-order chi connectivity index (χ1) is 10.1. The monoisotopic (exact) mass is 310 g/mol. The largest absolute Gasteiger partial charge is 0.486 e. The van der Waals surface area contributed by atoms with E-state index in [4.69, 9.17) is 21.1 Å². The molecule has 0 unspecified atom stereocenters. The van der Waals surface area contributed by atoms with Crippen molar-refractivity contribution in [2.75, 3.05) is 32.8 Å². The molecule has 0 spiro atoms. The highest BCUT2D eigenvalue weighted by Crippen LogP contribution is 2.38. The molecule has 0 bridgehead atoms. The number of nitrogens with one attached hydrogen (secondary N) is 1. The van der Waals surface area contributed by atoms with E-state index in [0.717, 1.165) is 5.56 Å². The van der Waals surface area contributed by atoms with E-state index in [1.807, 2.05) is 0 Å². The second-order valence-corrected chi connectivity index (χ2v) is 5.35. The standard InChI is InChI=1S/C14H15ClN2O4/c15-10-5-9(6-11-14(10)21-4-3-20-11)7-13(19)17-2-1-16-12(18)8-17/h5-6H,1-4,7-8H2,(H,16,18). The summed E-state index contributed by atoms with van der Waals surface area (Å²) in [6, 6.07) is 3.47. The van der Waals surface area contributed by atoms with Crippen LogP contribution in [0.2, 0.25) is 5.02 Å². The van der Waals surface area contributed by atoms with Crippen LogP contribution < -0.4 is 14.8 Å². The van der Waals surface area contributed by atoms with E-state index < -0.39 is 0 Å². The Balaban J connectivity index is 1.74. The summed E-state index contributed by atoms with van der Waals surface area (Å²) < 4.78 is 10.9. The van der Waals surface area contributed by atoms with E-state index in [-0.39, 0.29) is 24.8 Å². The number of benzene rings is 1. The molecule has 7 heteroatoms. The summed E-state index contributed by atoms with van der Waals surface area (Å²) in [6.45, 7) is 2.06. The molecule has 2 heterocycles. The van der Waals surface area contributed by atoms with E-state index in [1.165, 1.54) is 0 Å². The molecule has 0 aliphatic carbocycles. The topological polar surface area (TPSA) is 67.9 Å². The Bertz CT molecular complexity index is 591. The van der Waals surface area contributed by atoms with Crippen molar-refractivity contribution in [1.82, 2.24) is 10.2 Å². The van der Waals surface area contributed by atoms with Gasteiger partial charge in [-0.1, -0.05) is 11.6 Å². The molecular weight excluding hydrogens is 296 g/mol. The van der Waals surface area contributed by atoms with Gasteiger partial charge in [0.25, 0.3) is 0 Å². The summed E-state index contributed by atoms with van der Waals surface area (Å²) in [5, 5.41) is 3.13. The van der Waals surface area contributed by atoms with Crippen LogP contribution in [0, 0.1) is 0 Å². The predicted molar refractivity (Wildman–Crippen MR) is 75.7 cm³/mol. The number of fused-ring (bicyclic) bond motifs is 1. The second kappa shape index (κ2) is 5.81. The van der Waals surface area contributed by atoms with Crippen molar-refractivity contribution in [3.8, 4) is 11.5 Å². The van der Waals surface area contributed by atoms with E-state index in [2.05, 4.69) is 5.32 Å². The second-order valence-electron chi connectivity index (χ2n) is 4.94. The summed E-state index contributed by atoms with van der Waals surface area (Å²) in [7, 11) is 0. The van der Waals surface area contributed by atoms with Crippen LogP contribution in [-0.2, 0) is 16.0 Å². The number of ether oxygens (including phenoxy) is 2. The van der Waals surface area contributed by atoms with Gasteiger partial charge < -0.3 is 19.7 Å². The first-order valence-corrected chi connectivity index (χ1v) is 7.14. The predicted octanol–water partition coefficient (Wildman–Crippen LogP) is 0.612. The lowest BCUT2D eigenvalue weighted by Crippen LogP contribution is -2.50. The molecule has 0 saturated carbocycles. The molecular formula is C14H15ClN2O4. The molecule has 2 aliphatic rings. The van der Waals surface area contributed by atoms with Gasteiger partial charge in [-0.15, -0.1) is 0 Å². The smallest absolute Gasteiger partial charge is 0.239 e. The van der Waals surface area contributed by atoms with Crippen molar-refractivity contribution in [2.24, 2.45) is 0 Å². The number of piperazine rings is 1. The maximum absolute atomic E-state index is 12.2. The first kappa shape index (κ1) is 14.0. The molecule has 112 valence electrons. The van der Waals surface area contributed by atoms with Crippen LogP contribution in [0.5, 0.6) is 11.5 Å². The number of hydrogen-bond acceptors (Lipinski definition) is 4. The van der Waals surface area contributed by atoms with Gasteiger partial charge in [0.2, 0.25) is 11.8 Å². The summed E-state index contributed by atoms with van der Waals surface area (Å²) in [4.78, 5) is 25.1. The zero-order valence-corrected chi connectivity index (χ0v) is 12.1. The van der Waals surface area contributed by atoms with Crippen LogP contribution in [0.15, 0.2) is 12.1 Å². The third kappa shape index (κ3) is 3.05. The number of hydrogen-bond donors (Lipinski definition) is 1. The van der Waals surface area contributed by atoms with Crippen LogP contribution in [0.3, 0.4) is 0 Å². The molecule has 0 atom stereocenters. The average molecular weight is 311 g/mol.